The summed E-state index contributed by atoms with van der Waals surface area (Å²) >= 11 is 6.02. The predicted octanol–water partition coefficient (Wildman–Crippen LogP) is 4.02. The monoisotopic (exact) mass is 345 g/mol. The van der Waals surface area contributed by atoms with Gasteiger partial charge in [0.05, 0.1) is 6.42 Å². The Labute approximate surface area is 142 Å². The average molecular weight is 346 g/mol. The van der Waals surface area contributed by atoms with Gasteiger partial charge in [-0.3, -0.25) is 4.79 Å². The highest BCUT2D eigenvalue weighted by Gasteiger charge is 2.13. The SMILES string of the molecule is Cc1c(Cl)cccc1NC(=O)Cc1noc(-c2ccc(F)cc2)n1. The standard InChI is InChI=1S/C17H13ClFN3O2/c1-10-13(18)3-2-4-14(10)20-16(23)9-15-21-17(24-22-15)11-5-7-12(19)8-6-11/h2-8H,9H2,1H3,(H,20,23). The van der Waals surface area contributed by atoms with Gasteiger partial charge < -0.3 is 9.84 Å². The molecule has 2 aromatic carbocycles. The van der Waals surface area contributed by atoms with Crippen LogP contribution in [0, 0.1) is 12.7 Å². The van der Waals surface area contributed by atoms with Gasteiger partial charge in [-0.1, -0.05) is 22.8 Å². The first-order valence-corrected chi connectivity index (χ1v) is 7.54. The third kappa shape index (κ3) is 3.60. The number of halogens is 2. The topological polar surface area (TPSA) is 68.0 Å². The van der Waals surface area contributed by atoms with Gasteiger partial charge in [0.15, 0.2) is 5.82 Å². The van der Waals surface area contributed by atoms with Crippen LogP contribution in [0.2, 0.25) is 5.02 Å². The number of carbonyl (C=O) groups is 1. The third-order valence-corrected chi connectivity index (χ3v) is 3.83. The fourth-order valence-electron chi connectivity index (χ4n) is 2.12. The molecular formula is C17H13ClFN3O2. The number of hydrogen-bond donors (Lipinski definition) is 1. The Morgan fingerprint density at radius 2 is 2.00 bits per heavy atom. The van der Waals surface area contributed by atoms with E-state index in [1.807, 2.05) is 6.92 Å². The molecule has 0 aliphatic heterocycles. The van der Waals surface area contributed by atoms with Crippen molar-refractivity contribution in [2.24, 2.45) is 0 Å². The summed E-state index contributed by atoms with van der Waals surface area (Å²) in [4.78, 5) is 16.3. The highest BCUT2D eigenvalue weighted by Crippen LogP contribution is 2.23. The molecule has 0 unspecified atom stereocenters. The molecule has 0 saturated heterocycles. The van der Waals surface area contributed by atoms with E-state index in [1.54, 1.807) is 18.2 Å². The van der Waals surface area contributed by atoms with Crippen molar-refractivity contribution in [3.63, 3.8) is 0 Å². The van der Waals surface area contributed by atoms with E-state index in [4.69, 9.17) is 16.1 Å². The first-order valence-electron chi connectivity index (χ1n) is 7.16. The molecular weight excluding hydrogens is 333 g/mol. The average Bonchev–Trinajstić information content (AvgIpc) is 3.01. The molecule has 0 bridgehead atoms. The molecule has 122 valence electrons. The fraction of sp³-hybridized carbons (Fsp3) is 0.118. The smallest absolute Gasteiger partial charge is 0.257 e. The molecule has 1 aromatic heterocycles. The lowest BCUT2D eigenvalue weighted by atomic mass is 10.2. The summed E-state index contributed by atoms with van der Waals surface area (Å²) in [5.41, 5.74) is 2.00. The first-order chi connectivity index (χ1) is 11.5. The van der Waals surface area contributed by atoms with Crippen molar-refractivity contribution >= 4 is 23.2 Å². The van der Waals surface area contributed by atoms with Crippen molar-refractivity contribution in [2.75, 3.05) is 5.32 Å². The van der Waals surface area contributed by atoms with Gasteiger partial charge in [0.1, 0.15) is 5.82 Å². The van der Waals surface area contributed by atoms with Crippen LogP contribution in [-0.4, -0.2) is 16.0 Å². The Morgan fingerprint density at radius 3 is 2.75 bits per heavy atom. The molecule has 24 heavy (non-hydrogen) atoms. The summed E-state index contributed by atoms with van der Waals surface area (Å²) in [6.45, 7) is 1.82. The second-order valence-electron chi connectivity index (χ2n) is 5.16. The Morgan fingerprint density at radius 1 is 1.25 bits per heavy atom. The molecule has 3 rings (SSSR count). The Kier molecular flexibility index (Phi) is 4.57. The largest absolute Gasteiger partial charge is 0.334 e. The zero-order chi connectivity index (χ0) is 17.1. The number of nitrogens with one attached hydrogen (secondary N) is 1. The van der Waals surface area contributed by atoms with Crippen molar-refractivity contribution in [3.05, 3.63) is 64.7 Å². The second kappa shape index (κ2) is 6.80. The van der Waals surface area contributed by atoms with Crippen molar-refractivity contribution in [1.29, 1.82) is 0 Å². The molecule has 7 heteroatoms. The zero-order valence-corrected chi connectivity index (χ0v) is 13.5. The van der Waals surface area contributed by atoms with E-state index in [0.717, 1.165) is 5.56 Å². The van der Waals surface area contributed by atoms with Crippen LogP contribution in [0.25, 0.3) is 11.5 Å². The summed E-state index contributed by atoms with van der Waals surface area (Å²) in [7, 11) is 0. The summed E-state index contributed by atoms with van der Waals surface area (Å²) < 4.78 is 18.0. The number of nitrogens with zero attached hydrogens (tertiary/aromatic N) is 2. The number of aromatic nitrogens is 2. The molecule has 1 N–H and O–H groups in total. The lowest BCUT2D eigenvalue weighted by molar-refractivity contribution is -0.115. The molecule has 3 aromatic rings. The van der Waals surface area contributed by atoms with Crippen LogP contribution in [0.3, 0.4) is 0 Å². The summed E-state index contributed by atoms with van der Waals surface area (Å²) in [6, 6.07) is 10.9. The van der Waals surface area contributed by atoms with Gasteiger partial charge in [0.25, 0.3) is 5.89 Å². The Hall–Kier alpha value is -2.73. The maximum absolute atomic E-state index is 12.9. The minimum atomic E-state index is -0.352. The summed E-state index contributed by atoms with van der Waals surface area (Å²) in [5.74, 6) is -0.162. The Bertz CT molecular complexity index is 878. The molecule has 1 amide bonds. The van der Waals surface area contributed by atoms with Crippen LogP contribution in [0.15, 0.2) is 47.0 Å². The maximum atomic E-state index is 12.9. The number of amides is 1. The van der Waals surface area contributed by atoms with Gasteiger partial charge in [-0.2, -0.15) is 4.98 Å². The number of benzene rings is 2. The molecule has 0 aliphatic rings. The van der Waals surface area contributed by atoms with Crippen LogP contribution >= 0.6 is 11.6 Å². The highest BCUT2D eigenvalue weighted by atomic mass is 35.5. The van der Waals surface area contributed by atoms with E-state index in [1.165, 1.54) is 24.3 Å². The molecule has 0 fully saturated rings. The van der Waals surface area contributed by atoms with Gasteiger partial charge in [0, 0.05) is 16.3 Å². The normalized spacial score (nSPS) is 10.6. The molecule has 0 aliphatic carbocycles. The number of carbonyl (C=O) groups excluding carboxylic acids is 1. The minimum absolute atomic E-state index is 0.0450. The van der Waals surface area contributed by atoms with Gasteiger partial charge in [-0.25, -0.2) is 4.39 Å². The van der Waals surface area contributed by atoms with Crippen LogP contribution in [-0.2, 0) is 11.2 Å². The minimum Gasteiger partial charge on any atom is -0.334 e. The van der Waals surface area contributed by atoms with E-state index in [0.29, 0.717) is 16.3 Å². The van der Waals surface area contributed by atoms with E-state index in [2.05, 4.69) is 15.5 Å². The zero-order valence-electron chi connectivity index (χ0n) is 12.7. The van der Waals surface area contributed by atoms with Gasteiger partial charge in [0.2, 0.25) is 5.91 Å². The van der Waals surface area contributed by atoms with Crippen LogP contribution in [0.1, 0.15) is 11.4 Å². The third-order valence-electron chi connectivity index (χ3n) is 3.42. The van der Waals surface area contributed by atoms with E-state index in [-0.39, 0.29) is 29.9 Å². The van der Waals surface area contributed by atoms with Crippen LogP contribution < -0.4 is 5.32 Å². The number of hydrogen-bond acceptors (Lipinski definition) is 4. The summed E-state index contributed by atoms with van der Waals surface area (Å²) in [6.07, 6.45) is -0.0450. The fourth-order valence-corrected chi connectivity index (χ4v) is 2.29. The van der Waals surface area contributed by atoms with E-state index >= 15 is 0 Å². The lowest BCUT2D eigenvalue weighted by Gasteiger charge is -2.08. The van der Waals surface area contributed by atoms with Gasteiger partial charge in [-0.05, 0) is 48.9 Å². The van der Waals surface area contributed by atoms with Gasteiger partial charge >= 0.3 is 0 Å². The van der Waals surface area contributed by atoms with E-state index < -0.39 is 0 Å². The van der Waals surface area contributed by atoms with E-state index in [9.17, 15) is 9.18 Å². The maximum Gasteiger partial charge on any atom is 0.257 e. The van der Waals surface area contributed by atoms with Crippen molar-refractivity contribution in [2.45, 2.75) is 13.3 Å². The number of rotatable bonds is 4. The molecule has 0 spiro atoms. The molecule has 0 atom stereocenters. The number of anilines is 1. The predicted molar refractivity (Wildman–Crippen MR) is 88.2 cm³/mol. The van der Waals surface area contributed by atoms with Crippen LogP contribution in [0.5, 0.6) is 0 Å². The quantitative estimate of drug-likeness (QED) is 0.775. The van der Waals surface area contributed by atoms with Crippen molar-refractivity contribution in [1.82, 2.24) is 10.1 Å². The molecule has 1 heterocycles. The summed E-state index contributed by atoms with van der Waals surface area (Å²) in [5, 5.41) is 7.11. The molecule has 5 nitrogen and oxygen atoms in total. The highest BCUT2D eigenvalue weighted by molar-refractivity contribution is 6.31. The lowest BCUT2D eigenvalue weighted by Crippen LogP contribution is -2.16. The molecule has 0 radical (unpaired) electrons. The van der Waals surface area contributed by atoms with Crippen LogP contribution in [0.4, 0.5) is 10.1 Å². The van der Waals surface area contributed by atoms with Crippen molar-refractivity contribution < 1.29 is 13.7 Å². The first kappa shape index (κ1) is 16.1. The van der Waals surface area contributed by atoms with Crippen molar-refractivity contribution in [3.8, 4) is 11.5 Å². The van der Waals surface area contributed by atoms with Gasteiger partial charge in [-0.15, -0.1) is 0 Å². The second-order valence-corrected chi connectivity index (χ2v) is 5.57. The Balaban J connectivity index is 1.69. The molecule has 0 saturated carbocycles.